The molecule has 2 rings (SSSR count). The van der Waals surface area contributed by atoms with Crippen molar-refractivity contribution >= 4 is 0 Å². The molecule has 2 fully saturated rings. The van der Waals surface area contributed by atoms with E-state index in [4.69, 9.17) is 14.6 Å². The van der Waals surface area contributed by atoms with Crippen molar-refractivity contribution in [2.75, 3.05) is 13.2 Å². The number of ether oxygens (including phenoxy) is 2. The Hall–Kier alpha value is -0.120. The lowest BCUT2D eigenvalue weighted by molar-refractivity contribution is -0.243. The van der Waals surface area contributed by atoms with Crippen LogP contribution in [0.2, 0.25) is 0 Å². The molecule has 1 N–H and O–H groups in total. The molecule has 2 aliphatic rings. The fraction of sp³-hybridized carbons (Fsp3) is 1.00. The fourth-order valence-electron chi connectivity index (χ4n) is 2.35. The predicted molar refractivity (Wildman–Crippen MR) is 52.9 cm³/mol. The Morgan fingerprint density at radius 3 is 2.86 bits per heavy atom. The molecule has 0 radical (unpaired) electrons. The fourth-order valence-corrected chi connectivity index (χ4v) is 2.35. The summed E-state index contributed by atoms with van der Waals surface area (Å²) in [7, 11) is 0. The average Bonchev–Trinajstić information content (AvgIpc) is 2.56. The smallest absolute Gasteiger partial charge is 0.169 e. The molecular formula is C11H20O3. The van der Waals surface area contributed by atoms with E-state index in [2.05, 4.69) is 6.92 Å². The molecule has 0 bridgehead atoms. The zero-order chi connectivity index (χ0) is 10.0. The topological polar surface area (TPSA) is 38.7 Å². The maximum Gasteiger partial charge on any atom is 0.169 e. The SMILES string of the molecule is CCCCC1COC2(CC(CO)C2)O1. The quantitative estimate of drug-likeness (QED) is 0.750. The molecule has 1 saturated carbocycles. The second kappa shape index (κ2) is 4.17. The monoisotopic (exact) mass is 200 g/mol. The summed E-state index contributed by atoms with van der Waals surface area (Å²) in [6, 6.07) is 0. The Morgan fingerprint density at radius 2 is 2.21 bits per heavy atom. The van der Waals surface area contributed by atoms with Gasteiger partial charge in [0.1, 0.15) is 0 Å². The Morgan fingerprint density at radius 1 is 1.43 bits per heavy atom. The molecular weight excluding hydrogens is 180 g/mol. The molecule has 0 aromatic heterocycles. The highest BCUT2D eigenvalue weighted by molar-refractivity contribution is 4.92. The summed E-state index contributed by atoms with van der Waals surface area (Å²) in [5.41, 5.74) is 0. The van der Waals surface area contributed by atoms with Crippen molar-refractivity contribution in [2.45, 2.75) is 50.9 Å². The van der Waals surface area contributed by atoms with Crippen LogP contribution >= 0.6 is 0 Å². The van der Waals surface area contributed by atoms with Gasteiger partial charge in [-0.1, -0.05) is 19.8 Å². The first-order valence-electron chi connectivity index (χ1n) is 5.70. The minimum atomic E-state index is -0.300. The second-order valence-corrected chi connectivity index (χ2v) is 4.56. The van der Waals surface area contributed by atoms with Crippen LogP contribution in [0.5, 0.6) is 0 Å². The van der Waals surface area contributed by atoms with Gasteiger partial charge in [-0.15, -0.1) is 0 Å². The van der Waals surface area contributed by atoms with E-state index >= 15 is 0 Å². The standard InChI is InChI=1S/C11H20O3/c1-2-3-4-10-8-13-11(14-10)5-9(6-11)7-12/h9-10,12H,2-8H2,1H3. The van der Waals surface area contributed by atoms with Crippen molar-refractivity contribution in [3.8, 4) is 0 Å². The second-order valence-electron chi connectivity index (χ2n) is 4.56. The summed E-state index contributed by atoms with van der Waals surface area (Å²) < 4.78 is 11.6. The van der Waals surface area contributed by atoms with Crippen molar-refractivity contribution in [2.24, 2.45) is 5.92 Å². The minimum Gasteiger partial charge on any atom is -0.396 e. The Balaban J connectivity index is 1.73. The van der Waals surface area contributed by atoms with Gasteiger partial charge in [0.25, 0.3) is 0 Å². The van der Waals surface area contributed by atoms with E-state index in [1.54, 1.807) is 0 Å². The van der Waals surface area contributed by atoms with Gasteiger partial charge in [0, 0.05) is 19.4 Å². The molecule has 1 spiro atoms. The lowest BCUT2D eigenvalue weighted by Crippen LogP contribution is -2.46. The van der Waals surface area contributed by atoms with Gasteiger partial charge in [-0.2, -0.15) is 0 Å². The lowest BCUT2D eigenvalue weighted by atomic mass is 9.79. The third-order valence-corrected chi connectivity index (χ3v) is 3.25. The van der Waals surface area contributed by atoms with Crippen LogP contribution < -0.4 is 0 Å². The number of rotatable bonds is 4. The first kappa shape index (κ1) is 10.4. The number of aliphatic hydroxyl groups excluding tert-OH is 1. The predicted octanol–water partition coefficient (Wildman–Crippen LogP) is 1.69. The van der Waals surface area contributed by atoms with Gasteiger partial charge in [0.2, 0.25) is 0 Å². The molecule has 3 nitrogen and oxygen atoms in total. The number of unbranched alkanes of at least 4 members (excludes halogenated alkanes) is 1. The van der Waals surface area contributed by atoms with Gasteiger partial charge in [0.05, 0.1) is 12.7 Å². The van der Waals surface area contributed by atoms with Gasteiger partial charge < -0.3 is 14.6 Å². The van der Waals surface area contributed by atoms with E-state index in [9.17, 15) is 0 Å². The number of aliphatic hydroxyl groups is 1. The van der Waals surface area contributed by atoms with Crippen LogP contribution in [0.3, 0.4) is 0 Å². The molecule has 0 amide bonds. The largest absolute Gasteiger partial charge is 0.396 e. The molecule has 1 atom stereocenters. The summed E-state index contributed by atoms with van der Waals surface area (Å²) in [6.07, 6.45) is 5.61. The highest BCUT2D eigenvalue weighted by atomic mass is 16.7. The molecule has 3 heteroatoms. The van der Waals surface area contributed by atoms with Crippen molar-refractivity contribution < 1.29 is 14.6 Å². The summed E-state index contributed by atoms with van der Waals surface area (Å²) >= 11 is 0. The molecule has 1 saturated heterocycles. The van der Waals surface area contributed by atoms with Crippen LogP contribution in [0, 0.1) is 5.92 Å². The van der Waals surface area contributed by atoms with Crippen molar-refractivity contribution in [3.05, 3.63) is 0 Å². The zero-order valence-electron chi connectivity index (χ0n) is 8.87. The molecule has 0 aromatic rings. The van der Waals surface area contributed by atoms with Crippen LogP contribution in [0.15, 0.2) is 0 Å². The van der Waals surface area contributed by atoms with E-state index in [1.165, 1.54) is 12.8 Å². The summed E-state index contributed by atoms with van der Waals surface area (Å²) in [6.45, 7) is 3.21. The first-order valence-corrected chi connectivity index (χ1v) is 5.70. The molecule has 0 aromatic carbocycles. The first-order chi connectivity index (χ1) is 6.78. The van der Waals surface area contributed by atoms with Gasteiger partial charge in [-0.25, -0.2) is 0 Å². The van der Waals surface area contributed by atoms with Crippen LogP contribution in [0.25, 0.3) is 0 Å². The normalized spacial score (nSPS) is 41.6. The minimum absolute atomic E-state index is 0.272. The van der Waals surface area contributed by atoms with E-state index in [0.29, 0.717) is 12.0 Å². The van der Waals surface area contributed by atoms with Crippen LogP contribution in [0.1, 0.15) is 39.0 Å². The molecule has 1 heterocycles. The molecule has 1 aliphatic carbocycles. The Bertz CT molecular complexity index is 187. The van der Waals surface area contributed by atoms with Gasteiger partial charge in [-0.3, -0.25) is 0 Å². The highest BCUT2D eigenvalue weighted by Gasteiger charge is 2.51. The maximum absolute atomic E-state index is 8.93. The number of hydrogen-bond donors (Lipinski definition) is 1. The highest BCUT2D eigenvalue weighted by Crippen LogP contribution is 2.46. The lowest BCUT2D eigenvalue weighted by Gasteiger charge is -2.42. The zero-order valence-corrected chi connectivity index (χ0v) is 8.87. The van der Waals surface area contributed by atoms with Gasteiger partial charge in [-0.05, 0) is 12.3 Å². The van der Waals surface area contributed by atoms with Crippen molar-refractivity contribution in [1.82, 2.24) is 0 Å². The van der Waals surface area contributed by atoms with Crippen LogP contribution in [-0.4, -0.2) is 30.2 Å². The molecule has 1 unspecified atom stereocenters. The van der Waals surface area contributed by atoms with E-state index < -0.39 is 0 Å². The average molecular weight is 200 g/mol. The third-order valence-electron chi connectivity index (χ3n) is 3.25. The summed E-state index contributed by atoms with van der Waals surface area (Å²) in [5, 5.41) is 8.93. The van der Waals surface area contributed by atoms with Crippen LogP contribution in [0.4, 0.5) is 0 Å². The van der Waals surface area contributed by atoms with E-state index in [0.717, 1.165) is 25.9 Å². The summed E-state index contributed by atoms with van der Waals surface area (Å²) in [5.74, 6) is 0.103. The maximum atomic E-state index is 8.93. The van der Waals surface area contributed by atoms with Gasteiger partial charge >= 0.3 is 0 Å². The molecule has 1 aliphatic heterocycles. The van der Waals surface area contributed by atoms with Crippen molar-refractivity contribution in [1.29, 1.82) is 0 Å². The third kappa shape index (κ3) is 1.95. The molecule has 14 heavy (non-hydrogen) atoms. The van der Waals surface area contributed by atoms with Gasteiger partial charge in [0.15, 0.2) is 5.79 Å². The Labute approximate surface area is 85.4 Å². The number of hydrogen-bond acceptors (Lipinski definition) is 3. The van der Waals surface area contributed by atoms with E-state index in [-0.39, 0.29) is 12.4 Å². The summed E-state index contributed by atoms with van der Waals surface area (Å²) in [4.78, 5) is 0. The van der Waals surface area contributed by atoms with E-state index in [1.807, 2.05) is 0 Å². The van der Waals surface area contributed by atoms with Crippen molar-refractivity contribution in [3.63, 3.8) is 0 Å². The Kier molecular flexibility index (Phi) is 3.10. The molecule has 82 valence electrons. The van der Waals surface area contributed by atoms with Crippen LogP contribution in [-0.2, 0) is 9.47 Å².